The molecule has 1 fully saturated rings. The molecule has 6 nitrogen and oxygen atoms in total. The molecule has 3 rings (SSSR count). The molecule has 1 heterocycles. The number of hydrogen-bond acceptors (Lipinski definition) is 6. The number of carbonyl (C=O) groups is 2. The van der Waals surface area contributed by atoms with Gasteiger partial charge in [-0.05, 0) is 60.9 Å². The Morgan fingerprint density at radius 3 is 2.65 bits per heavy atom. The van der Waals surface area contributed by atoms with Crippen molar-refractivity contribution in [2.75, 3.05) is 11.9 Å². The van der Waals surface area contributed by atoms with E-state index in [2.05, 4.69) is 31.1 Å². The molecule has 1 aliphatic rings. The Morgan fingerprint density at radius 1 is 1.18 bits per heavy atom. The lowest BCUT2D eigenvalue weighted by molar-refractivity contribution is -0.159. The van der Waals surface area contributed by atoms with E-state index in [1.807, 2.05) is 0 Å². The van der Waals surface area contributed by atoms with Gasteiger partial charge in [-0.3, -0.25) is 0 Å². The molecule has 0 radical (unpaired) electrons. The summed E-state index contributed by atoms with van der Waals surface area (Å²) in [4.78, 5) is 29.0. The maximum atomic E-state index is 13.0. The molecule has 0 bridgehead atoms. The van der Waals surface area contributed by atoms with E-state index in [-0.39, 0.29) is 29.1 Å². The van der Waals surface area contributed by atoms with Gasteiger partial charge in [0.1, 0.15) is 17.5 Å². The average Bonchev–Trinajstić information content (AvgIpc) is 2.77. The standard InChI is InChI=1S/C25H29F3N2O4/c1-15(2)19-10-9-16(3)12-21(19)34-22(31)14-33-24(32)20-8-5-11-29-23(20)30-18-7-4-6-17(13-18)25(26,27)28/h4-8,11,13,15-16,19,21H,9-10,12,14H2,1-3H3,(H,29,30)/t16-,19+,21+/m0/s1. The van der Waals surface area contributed by atoms with Crippen molar-refractivity contribution in [2.45, 2.75) is 52.3 Å². The third-order valence-corrected chi connectivity index (χ3v) is 6.05. The van der Waals surface area contributed by atoms with Crippen molar-refractivity contribution in [3.05, 3.63) is 53.7 Å². The van der Waals surface area contributed by atoms with Crippen LogP contribution in [0.1, 0.15) is 56.0 Å². The van der Waals surface area contributed by atoms with E-state index in [0.717, 1.165) is 31.4 Å². The molecule has 0 amide bonds. The number of pyridine rings is 1. The first-order valence-electron chi connectivity index (χ1n) is 11.3. The quantitative estimate of drug-likeness (QED) is 0.492. The molecular weight excluding hydrogens is 449 g/mol. The minimum atomic E-state index is -4.51. The Labute approximate surface area is 196 Å². The Hall–Kier alpha value is -3.10. The van der Waals surface area contributed by atoms with Crippen LogP contribution in [0.25, 0.3) is 0 Å². The van der Waals surface area contributed by atoms with Crippen molar-refractivity contribution >= 4 is 23.4 Å². The number of nitrogens with one attached hydrogen (secondary N) is 1. The smallest absolute Gasteiger partial charge is 0.416 e. The molecule has 9 heteroatoms. The van der Waals surface area contributed by atoms with Crippen LogP contribution in [-0.4, -0.2) is 29.6 Å². The lowest BCUT2D eigenvalue weighted by Crippen LogP contribution is -2.36. The van der Waals surface area contributed by atoms with Crippen molar-refractivity contribution in [3.8, 4) is 0 Å². The Kier molecular flexibility index (Phi) is 8.17. The number of hydrogen-bond donors (Lipinski definition) is 1. The van der Waals surface area contributed by atoms with Crippen molar-refractivity contribution in [3.63, 3.8) is 0 Å². The van der Waals surface area contributed by atoms with E-state index in [1.54, 1.807) is 0 Å². The number of carbonyl (C=O) groups excluding carboxylic acids is 2. The first-order chi connectivity index (χ1) is 16.0. The fourth-order valence-electron chi connectivity index (χ4n) is 4.23. The number of aromatic nitrogens is 1. The van der Waals surface area contributed by atoms with Gasteiger partial charge in [-0.1, -0.05) is 33.3 Å². The van der Waals surface area contributed by atoms with Crippen LogP contribution in [0.15, 0.2) is 42.6 Å². The highest BCUT2D eigenvalue weighted by molar-refractivity contribution is 5.96. The van der Waals surface area contributed by atoms with Gasteiger partial charge < -0.3 is 14.8 Å². The average molecular weight is 479 g/mol. The first kappa shape index (κ1) is 25.5. The van der Waals surface area contributed by atoms with Crippen molar-refractivity contribution in [2.24, 2.45) is 17.8 Å². The Bertz CT molecular complexity index is 1010. The van der Waals surface area contributed by atoms with E-state index in [1.165, 1.54) is 30.5 Å². The topological polar surface area (TPSA) is 77.5 Å². The molecule has 34 heavy (non-hydrogen) atoms. The number of nitrogens with zero attached hydrogens (tertiary/aromatic N) is 1. The second kappa shape index (κ2) is 10.9. The van der Waals surface area contributed by atoms with Crippen molar-refractivity contribution in [1.82, 2.24) is 4.98 Å². The summed E-state index contributed by atoms with van der Waals surface area (Å²) in [6.45, 7) is 5.76. The SMILES string of the molecule is CC(C)[C@H]1CC[C@H](C)C[C@H]1OC(=O)COC(=O)c1cccnc1Nc1cccc(C(F)(F)F)c1. The molecule has 0 saturated heterocycles. The largest absolute Gasteiger partial charge is 0.460 e. The van der Waals surface area contributed by atoms with E-state index in [0.29, 0.717) is 11.8 Å². The monoisotopic (exact) mass is 478 g/mol. The van der Waals surface area contributed by atoms with Gasteiger partial charge in [0.25, 0.3) is 0 Å². The lowest BCUT2D eigenvalue weighted by atomic mass is 9.75. The van der Waals surface area contributed by atoms with Gasteiger partial charge in [0.15, 0.2) is 6.61 Å². The molecule has 184 valence electrons. The summed E-state index contributed by atoms with van der Waals surface area (Å²) in [6, 6.07) is 7.43. The number of alkyl halides is 3. The molecule has 2 aromatic rings. The highest BCUT2D eigenvalue weighted by atomic mass is 19.4. The number of benzene rings is 1. The summed E-state index contributed by atoms with van der Waals surface area (Å²) >= 11 is 0. The zero-order chi connectivity index (χ0) is 24.9. The van der Waals surface area contributed by atoms with E-state index in [9.17, 15) is 22.8 Å². The highest BCUT2D eigenvalue weighted by Crippen LogP contribution is 2.35. The summed E-state index contributed by atoms with van der Waals surface area (Å²) in [6.07, 6.45) is -0.487. The number of esters is 2. The normalized spacial score (nSPS) is 20.6. The van der Waals surface area contributed by atoms with Crippen LogP contribution in [0.5, 0.6) is 0 Å². The van der Waals surface area contributed by atoms with Crippen LogP contribution in [0, 0.1) is 17.8 Å². The molecule has 1 saturated carbocycles. The molecule has 1 aliphatic carbocycles. The fraction of sp³-hybridized carbons (Fsp3) is 0.480. The molecule has 0 unspecified atom stereocenters. The molecule has 0 spiro atoms. The summed E-state index contributed by atoms with van der Waals surface area (Å²) in [7, 11) is 0. The van der Waals surface area contributed by atoms with Gasteiger partial charge in [0.05, 0.1) is 5.56 Å². The van der Waals surface area contributed by atoms with Gasteiger partial charge in [-0.15, -0.1) is 0 Å². The number of halogens is 3. The first-order valence-corrected chi connectivity index (χ1v) is 11.3. The molecule has 1 aromatic carbocycles. The summed E-state index contributed by atoms with van der Waals surface area (Å²) in [5.41, 5.74) is -0.746. The summed E-state index contributed by atoms with van der Waals surface area (Å²) in [5, 5.41) is 2.71. The molecule has 0 aliphatic heterocycles. The lowest BCUT2D eigenvalue weighted by Gasteiger charge is -2.36. The van der Waals surface area contributed by atoms with Gasteiger partial charge in [0.2, 0.25) is 0 Å². The Morgan fingerprint density at radius 2 is 1.94 bits per heavy atom. The zero-order valence-electron chi connectivity index (χ0n) is 19.4. The zero-order valence-corrected chi connectivity index (χ0v) is 19.4. The van der Waals surface area contributed by atoms with Crippen LogP contribution in [0.4, 0.5) is 24.7 Å². The minimum Gasteiger partial charge on any atom is -0.460 e. The summed E-state index contributed by atoms with van der Waals surface area (Å²) < 4.78 is 49.7. The van der Waals surface area contributed by atoms with E-state index < -0.39 is 30.3 Å². The third kappa shape index (κ3) is 6.71. The van der Waals surface area contributed by atoms with Gasteiger partial charge >= 0.3 is 18.1 Å². The van der Waals surface area contributed by atoms with Gasteiger partial charge in [-0.25, -0.2) is 14.6 Å². The van der Waals surface area contributed by atoms with Crippen LogP contribution in [0.2, 0.25) is 0 Å². The maximum Gasteiger partial charge on any atom is 0.416 e. The second-order valence-corrected chi connectivity index (χ2v) is 9.03. The third-order valence-electron chi connectivity index (χ3n) is 6.05. The Balaban J connectivity index is 1.63. The van der Waals surface area contributed by atoms with Crippen molar-refractivity contribution < 1.29 is 32.2 Å². The molecule has 3 atom stereocenters. The minimum absolute atomic E-state index is 0.0148. The number of rotatable bonds is 7. The molecular formula is C25H29F3N2O4. The predicted octanol–water partition coefficient (Wildman–Crippen LogP) is 6.00. The van der Waals surface area contributed by atoms with Gasteiger partial charge in [0, 0.05) is 11.9 Å². The van der Waals surface area contributed by atoms with E-state index >= 15 is 0 Å². The van der Waals surface area contributed by atoms with E-state index in [4.69, 9.17) is 9.47 Å². The fourth-order valence-corrected chi connectivity index (χ4v) is 4.23. The number of ether oxygens (including phenoxy) is 2. The van der Waals surface area contributed by atoms with Crippen LogP contribution in [-0.2, 0) is 20.4 Å². The van der Waals surface area contributed by atoms with Crippen molar-refractivity contribution in [1.29, 1.82) is 0 Å². The van der Waals surface area contributed by atoms with Crippen LogP contribution in [0.3, 0.4) is 0 Å². The predicted molar refractivity (Wildman–Crippen MR) is 120 cm³/mol. The second-order valence-electron chi connectivity index (χ2n) is 9.03. The highest BCUT2D eigenvalue weighted by Gasteiger charge is 2.34. The van der Waals surface area contributed by atoms with Crippen LogP contribution >= 0.6 is 0 Å². The molecule has 1 aromatic heterocycles. The summed E-state index contributed by atoms with van der Waals surface area (Å²) in [5.74, 6) is -0.368. The van der Waals surface area contributed by atoms with Gasteiger partial charge in [-0.2, -0.15) is 13.2 Å². The maximum absolute atomic E-state index is 13.0. The number of anilines is 2. The molecule has 1 N–H and O–H groups in total. The van der Waals surface area contributed by atoms with Crippen LogP contribution < -0.4 is 5.32 Å².